The number of nitrogens with two attached hydrogens (primary N) is 1. The molecule has 2 rings (SSSR count). The van der Waals surface area contributed by atoms with Crippen LogP contribution in [-0.2, 0) is 4.79 Å². The van der Waals surface area contributed by atoms with Crippen molar-refractivity contribution in [2.24, 2.45) is 5.73 Å². The Balaban J connectivity index is 0.00000242. The molecule has 0 saturated carbocycles. The van der Waals surface area contributed by atoms with Gasteiger partial charge < -0.3 is 11.1 Å². The SMILES string of the molecule is CC(N)C1CCCCN1CC(=O)Nc1ccc(Br)cc1F.Cl. The highest BCUT2D eigenvalue weighted by molar-refractivity contribution is 9.10. The van der Waals surface area contributed by atoms with E-state index in [0.717, 1.165) is 25.8 Å². The van der Waals surface area contributed by atoms with E-state index >= 15 is 0 Å². The molecule has 0 spiro atoms. The molecule has 2 atom stereocenters. The molecule has 3 N–H and O–H groups in total. The van der Waals surface area contributed by atoms with Crippen molar-refractivity contribution in [2.75, 3.05) is 18.4 Å². The Morgan fingerprint density at radius 2 is 2.27 bits per heavy atom. The van der Waals surface area contributed by atoms with E-state index < -0.39 is 5.82 Å². The van der Waals surface area contributed by atoms with E-state index in [9.17, 15) is 9.18 Å². The molecule has 1 amide bonds. The Morgan fingerprint density at radius 3 is 2.91 bits per heavy atom. The van der Waals surface area contributed by atoms with Gasteiger partial charge in [0.2, 0.25) is 5.91 Å². The number of likely N-dealkylation sites (tertiary alicyclic amines) is 1. The van der Waals surface area contributed by atoms with E-state index in [2.05, 4.69) is 26.1 Å². The maximum atomic E-state index is 13.7. The lowest BCUT2D eigenvalue weighted by atomic mass is 9.97. The number of halogens is 3. The summed E-state index contributed by atoms with van der Waals surface area (Å²) in [5.74, 6) is -0.649. The summed E-state index contributed by atoms with van der Waals surface area (Å²) < 4.78 is 14.4. The van der Waals surface area contributed by atoms with Crippen molar-refractivity contribution in [1.82, 2.24) is 4.90 Å². The first-order chi connectivity index (χ1) is 9.97. The molecule has 1 aliphatic rings. The minimum Gasteiger partial charge on any atom is -0.327 e. The minimum absolute atomic E-state index is 0. The Labute approximate surface area is 145 Å². The van der Waals surface area contributed by atoms with E-state index in [4.69, 9.17) is 5.73 Å². The monoisotopic (exact) mass is 393 g/mol. The van der Waals surface area contributed by atoms with Gasteiger partial charge in [-0.05, 0) is 44.5 Å². The number of hydrogen-bond donors (Lipinski definition) is 2. The van der Waals surface area contributed by atoms with Crippen LogP contribution in [0, 0.1) is 5.82 Å². The molecule has 22 heavy (non-hydrogen) atoms. The Morgan fingerprint density at radius 1 is 1.55 bits per heavy atom. The zero-order valence-corrected chi connectivity index (χ0v) is 14.9. The fraction of sp³-hybridized carbons (Fsp3) is 0.533. The van der Waals surface area contributed by atoms with Gasteiger partial charge in [0, 0.05) is 16.6 Å². The lowest BCUT2D eigenvalue weighted by Crippen LogP contribution is -2.51. The highest BCUT2D eigenvalue weighted by atomic mass is 79.9. The van der Waals surface area contributed by atoms with Crippen molar-refractivity contribution in [2.45, 2.75) is 38.3 Å². The summed E-state index contributed by atoms with van der Waals surface area (Å²) in [6.07, 6.45) is 3.23. The van der Waals surface area contributed by atoms with Crippen molar-refractivity contribution < 1.29 is 9.18 Å². The van der Waals surface area contributed by atoms with Crippen LogP contribution >= 0.6 is 28.3 Å². The molecule has 1 aromatic carbocycles. The van der Waals surface area contributed by atoms with Crippen LogP contribution in [0.15, 0.2) is 22.7 Å². The van der Waals surface area contributed by atoms with E-state index in [1.807, 2.05) is 6.92 Å². The van der Waals surface area contributed by atoms with Crippen LogP contribution in [0.3, 0.4) is 0 Å². The normalized spacial score (nSPS) is 20.1. The molecule has 1 aromatic rings. The molecule has 0 radical (unpaired) electrons. The van der Waals surface area contributed by atoms with Crippen LogP contribution in [0.2, 0.25) is 0 Å². The number of carbonyl (C=O) groups is 1. The van der Waals surface area contributed by atoms with E-state index in [1.54, 1.807) is 12.1 Å². The van der Waals surface area contributed by atoms with Crippen molar-refractivity contribution >= 4 is 39.9 Å². The highest BCUT2D eigenvalue weighted by Crippen LogP contribution is 2.21. The van der Waals surface area contributed by atoms with Crippen molar-refractivity contribution in [3.05, 3.63) is 28.5 Å². The predicted octanol–water partition coefficient (Wildman–Crippen LogP) is 3.15. The van der Waals surface area contributed by atoms with Gasteiger partial charge >= 0.3 is 0 Å². The summed E-state index contributed by atoms with van der Waals surface area (Å²) >= 11 is 3.19. The number of rotatable bonds is 4. The number of amides is 1. The molecule has 124 valence electrons. The van der Waals surface area contributed by atoms with E-state index in [-0.39, 0.29) is 42.6 Å². The number of nitrogens with zero attached hydrogens (tertiary/aromatic N) is 1. The summed E-state index contributed by atoms with van der Waals surface area (Å²) in [4.78, 5) is 14.2. The second-order valence-electron chi connectivity index (χ2n) is 5.57. The molecule has 0 aliphatic carbocycles. The van der Waals surface area contributed by atoms with Gasteiger partial charge in [0.1, 0.15) is 5.82 Å². The number of carbonyl (C=O) groups excluding carboxylic acids is 1. The van der Waals surface area contributed by atoms with Gasteiger partial charge in [-0.15, -0.1) is 12.4 Å². The zero-order chi connectivity index (χ0) is 15.4. The van der Waals surface area contributed by atoms with Gasteiger partial charge in [-0.1, -0.05) is 22.4 Å². The Bertz CT molecular complexity index is 516. The third-order valence-electron chi connectivity index (χ3n) is 3.82. The smallest absolute Gasteiger partial charge is 0.238 e. The van der Waals surface area contributed by atoms with Crippen molar-refractivity contribution in [3.63, 3.8) is 0 Å². The van der Waals surface area contributed by atoms with Crippen LogP contribution in [0.25, 0.3) is 0 Å². The first kappa shape index (κ1) is 19.4. The van der Waals surface area contributed by atoms with Crippen molar-refractivity contribution in [1.29, 1.82) is 0 Å². The minimum atomic E-state index is -0.444. The molecule has 1 fully saturated rings. The lowest BCUT2D eigenvalue weighted by Gasteiger charge is -2.37. The van der Waals surface area contributed by atoms with Crippen LogP contribution in [0.5, 0.6) is 0 Å². The topological polar surface area (TPSA) is 58.4 Å². The van der Waals surface area contributed by atoms with Crippen LogP contribution in [-0.4, -0.2) is 36.0 Å². The number of piperidine rings is 1. The van der Waals surface area contributed by atoms with Gasteiger partial charge in [-0.25, -0.2) is 4.39 Å². The molecule has 1 heterocycles. The quantitative estimate of drug-likeness (QED) is 0.825. The summed E-state index contributed by atoms with van der Waals surface area (Å²) in [7, 11) is 0. The first-order valence-corrected chi connectivity index (χ1v) is 8.01. The summed E-state index contributed by atoms with van der Waals surface area (Å²) in [6.45, 7) is 3.08. The van der Waals surface area contributed by atoms with E-state index in [0.29, 0.717) is 4.47 Å². The summed E-state index contributed by atoms with van der Waals surface area (Å²) in [5, 5.41) is 2.63. The lowest BCUT2D eigenvalue weighted by molar-refractivity contribution is -0.118. The molecular formula is C15H22BrClFN3O. The largest absolute Gasteiger partial charge is 0.327 e. The van der Waals surface area contributed by atoms with Crippen LogP contribution in [0.1, 0.15) is 26.2 Å². The standard InChI is InChI=1S/C15H21BrFN3O.ClH/c1-10(18)14-4-2-3-7-20(14)9-15(21)19-13-6-5-11(16)8-12(13)17;/h5-6,8,10,14H,2-4,7,9,18H2,1H3,(H,19,21);1H. The number of nitrogens with one attached hydrogen (secondary N) is 1. The van der Waals surface area contributed by atoms with Crippen LogP contribution < -0.4 is 11.1 Å². The predicted molar refractivity (Wildman–Crippen MR) is 92.8 cm³/mol. The molecule has 1 aliphatic heterocycles. The number of benzene rings is 1. The van der Waals surface area contributed by atoms with Gasteiger partial charge in [0.15, 0.2) is 0 Å². The molecule has 0 bridgehead atoms. The van der Waals surface area contributed by atoms with Gasteiger partial charge in [0.05, 0.1) is 12.2 Å². The fourth-order valence-electron chi connectivity index (χ4n) is 2.77. The average Bonchev–Trinajstić information content (AvgIpc) is 2.42. The second-order valence-corrected chi connectivity index (χ2v) is 6.48. The van der Waals surface area contributed by atoms with E-state index in [1.165, 1.54) is 6.07 Å². The molecule has 7 heteroatoms. The Kier molecular flexibility index (Phi) is 7.76. The number of anilines is 1. The van der Waals surface area contributed by atoms with Gasteiger partial charge in [-0.3, -0.25) is 9.69 Å². The van der Waals surface area contributed by atoms with Crippen LogP contribution in [0.4, 0.5) is 10.1 Å². The molecule has 4 nitrogen and oxygen atoms in total. The Hall–Kier alpha value is -0.690. The average molecular weight is 395 g/mol. The third-order valence-corrected chi connectivity index (χ3v) is 4.32. The third kappa shape index (κ3) is 5.19. The first-order valence-electron chi connectivity index (χ1n) is 7.22. The molecule has 1 saturated heterocycles. The van der Waals surface area contributed by atoms with Gasteiger partial charge in [0.25, 0.3) is 0 Å². The highest BCUT2D eigenvalue weighted by Gasteiger charge is 2.26. The summed E-state index contributed by atoms with van der Waals surface area (Å²) in [5.41, 5.74) is 6.19. The molecule has 0 aromatic heterocycles. The maximum absolute atomic E-state index is 13.7. The second kappa shape index (κ2) is 8.82. The fourth-order valence-corrected chi connectivity index (χ4v) is 3.11. The zero-order valence-electron chi connectivity index (χ0n) is 12.5. The van der Waals surface area contributed by atoms with Gasteiger partial charge in [-0.2, -0.15) is 0 Å². The van der Waals surface area contributed by atoms with Crippen molar-refractivity contribution in [3.8, 4) is 0 Å². The maximum Gasteiger partial charge on any atom is 0.238 e. The number of hydrogen-bond acceptors (Lipinski definition) is 3. The summed E-state index contributed by atoms with van der Waals surface area (Å²) in [6, 6.07) is 4.84. The molecular weight excluding hydrogens is 373 g/mol. The molecule has 2 unspecified atom stereocenters.